The van der Waals surface area contributed by atoms with Crippen molar-refractivity contribution in [2.45, 2.75) is 26.4 Å². The summed E-state index contributed by atoms with van der Waals surface area (Å²) in [5, 5.41) is 0. The molecule has 17 heavy (non-hydrogen) atoms. The van der Waals surface area contributed by atoms with Crippen LogP contribution in [0, 0.1) is 0 Å². The number of nitrogens with one attached hydrogen (secondary N) is 3. The van der Waals surface area contributed by atoms with Gasteiger partial charge in [0.15, 0.2) is 0 Å². The summed E-state index contributed by atoms with van der Waals surface area (Å²) >= 11 is 0. The van der Waals surface area contributed by atoms with Gasteiger partial charge >= 0.3 is 0 Å². The van der Waals surface area contributed by atoms with Crippen molar-refractivity contribution in [3.63, 3.8) is 0 Å². The van der Waals surface area contributed by atoms with Gasteiger partial charge in [-0.1, -0.05) is 0 Å². The molecule has 6 heteroatoms. The van der Waals surface area contributed by atoms with Gasteiger partial charge in [-0.15, -0.1) is 0 Å². The van der Waals surface area contributed by atoms with E-state index in [4.69, 9.17) is 4.74 Å². The fourth-order valence-corrected chi connectivity index (χ4v) is 1.12. The van der Waals surface area contributed by atoms with Crippen molar-refractivity contribution in [3.8, 4) is 0 Å². The molecule has 0 spiro atoms. The molecule has 94 valence electrons. The summed E-state index contributed by atoms with van der Waals surface area (Å²) in [6.45, 7) is 4.12. The Morgan fingerprint density at radius 2 is 2.18 bits per heavy atom. The quantitative estimate of drug-likeness (QED) is 0.658. The smallest absolute Gasteiger partial charge is 0.286 e. The van der Waals surface area contributed by atoms with Gasteiger partial charge in [0.2, 0.25) is 5.91 Å². The third-order valence-corrected chi connectivity index (χ3v) is 1.94. The number of carbonyl (C=O) groups excluding carboxylic acids is 2. The highest BCUT2D eigenvalue weighted by Gasteiger charge is 2.07. The summed E-state index contributed by atoms with van der Waals surface area (Å²) in [5.74, 6) is -0.668. The molecular formula is C11H17N3O3. The maximum absolute atomic E-state index is 11.4. The molecule has 0 fully saturated rings. The number of H-pyrrole nitrogens is 1. The van der Waals surface area contributed by atoms with E-state index in [0.29, 0.717) is 12.3 Å². The van der Waals surface area contributed by atoms with Gasteiger partial charge in [0.05, 0.1) is 19.1 Å². The monoisotopic (exact) mass is 239 g/mol. The first-order valence-corrected chi connectivity index (χ1v) is 5.43. The first-order chi connectivity index (χ1) is 8.09. The van der Waals surface area contributed by atoms with Crippen molar-refractivity contribution in [3.05, 3.63) is 24.0 Å². The van der Waals surface area contributed by atoms with Gasteiger partial charge in [-0.2, -0.15) is 0 Å². The Morgan fingerprint density at radius 3 is 2.76 bits per heavy atom. The summed E-state index contributed by atoms with van der Waals surface area (Å²) in [4.78, 5) is 25.4. The zero-order valence-corrected chi connectivity index (χ0v) is 9.95. The van der Waals surface area contributed by atoms with E-state index in [9.17, 15) is 9.59 Å². The highest BCUT2D eigenvalue weighted by atomic mass is 16.5. The van der Waals surface area contributed by atoms with Crippen LogP contribution >= 0.6 is 0 Å². The van der Waals surface area contributed by atoms with Crippen LogP contribution < -0.4 is 10.9 Å². The maximum Gasteiger partial charge on any atom is 0.286 e. The largest absolute Gasteiger partial charge is 0.378 e. The molecule has 3 N–H and O–H groups in total. The third kappa shape index (κ3) is 5.17. The first kappa shape index (κ1) is 13.2. The second-order valence-electron chi connectivity index (χ2n) is 3.76. The number of ether oxygens (including phenoxy) is 1. The van der Waals surface area contributed by atoms with Crippen LogP contribution in [0.15, 0.2) is 18.3 Å². The average Bonchev–Trinajstić information content (AvgIpc) is 2.78. The van der Waals surface area contributed by atoms with Crippen molar-refractivity contribution >= 4 is 11.8 Å². The van der Waals surface area contributed by atoms with Crippen molar-refractivity contribution in [1.82, 2.24) is 15.8 Å². The molecule has 1 aromatic rings. The van der Waals surface area contributed by atoms with E-state index in [-0.39, 0.29) is 24.3 Å². The van der Waals surface area contributed by atoms with Gasteiger partial charge in [0, 0.05) is 6.20 Å². The van der Waals surface area contributed by atoms with Crippen LogP contribution in [0.1, 0.15) is 30.8 Å². The lowest BCUT2D eigenvalue weighted by Gasteiger charge is -2.08. The number of carbonyl (C=O) groups is 2. The Hall–Kier alpha value is -1.82. The molecule has 0 aromatic carbocycles. The molecule has 1 aromatic heterocycles. The molecule has 0 saturated carbocycles. The Balaban J connectivity index is 2.18. The van der Waals surface area contributed by atoms with Crippen LogP contribution in [-0.2, 0) is 9.53 Å². The van der Waals surface area contributed by atoms with Crippen LogP contribution in [0.5, 0.6) is 0 Å². The normalized spacial score (nSPS) is 10.3. The van der Waals surface area contributed by atoms with E-state index in [1.807, 2.05) is 13.8 Å². The molecule has 0 unspecified atom stereocenters. The average molecular weight is 239 g/mol. The van der Waals surface area contributed by atoms with Crippen LogP contribution in [0.3, 0.4) is 0 Å². The van der Waals surface area contributed by atoms with E-state index < -0.39 is 0 Å². The van der Waals surface area contributed by atoms with Gasteiger partial charge in [-0.05, 0) is 26.0 Å². The summed E-state index contributed by atoms with van der Waals surface area (Å²) in [6.07, 6.45) is 1.94. The highest BCUT2D eigenvalue weighted by Crippen LogP contribution is 1.93. The van der Waals surface area contributed by atoms with E-state index in [1.54, 1.807) is 18.3 Å². The molecule has 0 aliphatic heterocycles. The number of hydrogen-bond donors (Lipinski definition) is 3. The number of hydrogen-bond acceptors (Lipinski definition) is 3. The summed E-state index contributed by atoms with van der Waals surface area (Å²) < 4.78 is 5.21. The number of aromatic nitrogens is 1. The minimum Gasteiger partial charge on any atom is -0.378 e. The summed E-state index contributed by atoms with van der Waals surface area (Å²) in [7, 11) is 0. The molecule has 0 saturated heterocycles. The standard InChI is InChI=1S/C11H17N3O3/c1-8(2)17-7-5-10(15)13-14-11(16)9-4-3-6-12-9/h3-4,6,8,12H,5,7H2,1-2H3,(H,13,15)(H,14,16). The van der Waals surface area contributed by atoms with E-state index >= 15 is 0 Å². The number of aromatic amines is 1. The highest BCUT2D eigenvalue weighted by molar-refractivity contribution is 5.93. The minimum absolute atomic E-state index is 0.0938. The number of hydrazine groups is 1. The molecule has 6 nitrogen and oxygen atoms in total. The van der Waals surface area contributed by atoms with Crippen molar-refractivity contribution in [1.29, 1.82) is 0 Å². The van der Waals surface area contributed by atoms with E-state index in [1.165, 1.54) is 0 Å². The molecule has 1 rings (SSSR count). The zero-order chi connectivity index (χ0) is 12.7. The Labute approximate surface area is 99.7 Å². The zero-order valence-electron chi connectivity index (χ0n) is 9.95. The number of rotatable bonds is 5. The number of amides is 2. The molecule has 1 heterocycles. The molecule has 2 amide bonds. The summed E-state index contributed by atoms with van der Waals surface area (Å²) in [5.41, 5.74) is 5.00. The van der Waals surface area contributed by atoms with Crippen LogP contribution in [0.4, 0.5) is 0 Å². The maximum atomic E-state index is 11.4. The van der Waals surface area contributed by atoms with Gasteiger partial charge < -0.3 is 9.72 Å². The van der Waals surface area contributed by atoms with E-state index in [2.05, 4.69) is 15.8 Å². The lowest BCUT2D eigenvalue weighted by molar-refractivity contribution is -0.123. The minimum atomic E-state index is -0.381. The Morgan fingerprint density at radius 1 is 1.41 bits per heavy atom. The molecule has 0 aliphatic carbocycles. The van der Waals surface area contributed by atoms with Gasteiger partial charge in [0.25, 0.3) is 5.91 Å². The first-order valence-electron chi connectivity index (χ1n) is 5.43. The third-order valence-electron chi connectivity index (χ3n) is 1.94. The summed E-state index contributed by atoms with van der Waals surface area (Å²) in [6, 6.07) is 3.32. The van der Waals surface area contributed by atoms with E-state index in [0.717, 1.165) is 0 Å². The van der Waals surface area contributed by atoms with Crippen LogP contribution in [0.25, 0.3) is 0 Å². The molecule has 0 radical (unpaired) electrons. The van der Waals surface area contributed by atoms with Gasteiger partial charge in [-0.3, -0.25) is 20.4 Å². The Kier molecular flexibility index (Phi) is 5.22. The van der Waals surface area contributed by atoms with Gasteiger partial charge in [0.1, 0.15) is 5.69 Å². The van der Waals surface area contributed by atoms with Gasteiger partial charge in [-0.25, -0.2) is 0 Å². The Bertz CT molecular complexity index is 360. The van der Waals surface area contributed by atoms with Crippen LogP contribution in [-0.4, -0.2) is 29.5 Å². The second-order valence-corrected chi connectivity index (χ2v) is 3.76. The molecule has 0 bridgehead atoms. The molecular weight excluding hydrogens is 222 g/mol. The predicted molar refractivity (Wildman–Crippen MR) is 62.1 cm³/mol. The lowest BCUT2D eigenvalue weighted by atomic mass is 10.4. The molecule has 0 aliphatic rings. The SMILES string of the molecule is CC(C)OCCC(=O)NNC(=O)c1ccc[nH]1. The van der Waals surface area contributed by atoms with Crippen molar-refractivity contribution in [2.75, 3.05) is 6.61 Å². The topological polar surface area (TPSA) is 83.2 Å². The van der Waals surface area contributed by atoms with Crippen LogP contribution in [0.2, 0.25) is 0 Å². The van der Waals surface area contributed by atoms with Crippen molar-refractivity contribution in [2.24, 2.45) is 0 Å². The fraction of sp³-hybridized carbons (Fsp3) is 0.455. The van der Waals surface area contributed by atoms with Crippen molar-refractivity contribution < 1.29 is 14.3 Å². The lowest BCUT2D eigenvalue weighted by Crippen LogP contribution is -2.42. The second kappa shape index (κ2) is 6.70. The fourth-order valence-electron chi connectivity index (χ4n) is 1.12. The predicted octanol–water partition coefficient (Wildman–Crippen LogP) is 0.591. The molecule has 0 atom stereocenters.